The van der Waals surface area contributed by atoms with Crippen LogP contribution in [0, 0.1) is 5.92 Å². The zero-order valence-electron chi connectivity index (χ0n) is 19.8. The fourth-order valence-electron chi connectivity index (χ4n) is 5.52. The van der Waals surface area contributed by atoms with E-state index in [0.717, 1.165) is 55.4 Å². The number of amides is 1. The molecule has 0 radical (unpaired) electrons. The Morgan fingerprint density at radius 3 is 2.85 bits per heavy atom. The molecule has 0 aromatic heterocycles. The third kappa shape index (κ3) is 5.79. The third-order valence-electron chi connectivity index (χ3n) is 7.35. The number of unbranched alkanes of at least 4 members (excludes halogenated alkanes) is 2. The predicted octanol–water partition coefficient (Wildman–Crippen LogP) is 3.59. The predicted molar refractivity (Wildman–Crippen MR) is 127 cm³/mol. The minimum absolute atomic E-state index is 0.0296. The number of ether oxygens (including phenoxy) is 2. The number of carbonyl (C=O) groups is 1. The summed E-state index contributed by atoms with van der Waals surface area (Å²) in [7, 11) is 0. The van der Waals surface area contributed by atoms with Crippen molar-refractivity contribution in [1.82, 2.24) is 4.90 Å². The number of hydrogen-bond donors (Lipinski definition) is 2. The lowest BCUT2D eigenvalue weighted by atomic mass is 9.86. The van der Waals surface area contributed by atoms with Crippen LogP contribution in [0.2, 0.25) is 0 Å². The summed E-state index contributed by atoms with van der Waals surface area (Å²) < 4.78 is 11.7. The highest BCUT2D eigenvalue weighted by atomic mass is 16.5. The van der Waals surface area contributed by atoms with Crippen LogP contribution in [-0.4, -0.2) is 65.6 Å². The first-order valence-electron chi connectivity index (χ1n) is 12.8. The number of morpholine rings is 1. The second-order valence-electron chi connectivity index (χ2n) is 9.69. The normalized spacial score (nSPS) is 27.4. The van der Waals surface area contributed by atoms with Gasteiger partial charge in [-0.25, -0.2) is 0 Å². The lowest BCUT2D eigenvalue weighted by Crippen LogP contribution is -2.40. The minimum atomic E-state index is -0.458. The van der Waals surface area contributed by atoms with Gasteiger partial charge in [-0.2, -0.15) is 0 Å². The molecule has 1 saturated heterocycles. The molecule has 5 atom stereocenters. The number of aryl methyl sites for hydroxylation is 1. The number of carbonyl (C=O) groups excluding carboxylic acids is 1. The molecule has 2 fully saturated rings. The molecule has 0 spiro atoms. The number of nitrogens with zero attached hydrogens (tertiary/aromatic N) is 1. The zero-order chi connectivity index (χ0) is 23.2. The van der Waals surface area contributed by atoms with E-state index in [2.05, 4.69) is 25.1 Å². The number of fused-ring (bicyclic) bond motifs is 3. The van der Waals surface area contributed by atoms with Crippen LogP contribution < -0.4 is 4.74 Å². The van der Waals surface area contributed by atoms with Crippen LogP contribution in [0.25, 0.3) is 0 Å². The Balaban J connectivity index is 1.37. The highest BCUT2D eigenvalue weighted by Gasteiger charge is 2.48. The van der Waals surface area contributed by atoms with E-state index in [4.69, 9.17) is 9.47 Å². The van der Waals surface area contributed by atoms with Gasteiger partial charge in [0.15, 0.2) is 0 Å². The Kier molecular flexibility index (Phi) is 8.45. The van der Waals surface area contributed by atoms with Crippen molar-refractivity contribution in [3.8, 4) is 5.75 Å². The number of para-hydroxylation sites is 1. The summed E-state index contributed by atoms with van der Waals surface area (Å²) in [6.45, 7) is 4.80. The van der Waals surface area contributed by atoms with Crippen LogP contribution in [0.4, 0.5) is 0 Å². The molecular weight excluding hydrogens is 418 g/mol. The number of aliphatic hydroxyl groups excluding tert-OH is 2. The first-order chi connectivity index (χ1) is 16.1. The quantitative estimate of drug-likeness (QED) is 0.415. The van der Waals surface area contributed by atoms with Crippen molar-refractivity contribution < 1.29 is 24.5 Å². The average molecular weight is 458 g/mol. The van der Waals surface area contributed by atoms with Crippen molar-refractivity contribution in [2.45, 2.75) is 82.5 Å². The van der Waals surface area contributed by atoms with Crippen LogP contribution in [0.1, 0.15) is 68.9 Å². The van der Waals surface area contributed by atoms with Crippen molar-refractivity contribution in [3.05, 3.63) is 41.5 Å². The molecule has 2 N–H and O–H groups in total. The standard InChI is InChI=1S/C27H39NO5/c1-2-3-4-9-20(29)12-13-21-23(30)18-24-26(21)22-10-5-7-19(27(22)33-24)8-6-11-25(31)28-14-16-32-17-15-28/h5,7,10,12-13,20-21,23-24,26,29-30H,2-4,6,8-9,11,14-18H2,1H3/b13-12+/t20-,21-,23+,24-,26-/m0/s1. The summed E-state index contributed by atoms with van der Waals surface area (Å²) in [6, 6.07) is 6.27. The molecule has 4 rings (SSSR count). The van der Waals surface area contributed by atoms with Crippen LogP contribution in [-0.2, 0) is 16.0 Å². The van der Waals surface area contributed by atoms with Crippen molar-refractivity contribution in [3.63, 3.8) is 0 Å². The first kappa shape index (κ1) is 24.2. The number of aliphatic hydroxyl groups is 2. The largest absolute Gasteiger partial charge is 0.489 e. The Morgan fingerprint density at radius 2 is 2.06 bits per heavy atom. The lowest BCUT2D eigenvalue weighted by Gasteiger charge is -2.26. The van der Waals surface area contributed by atoms with E-state index in [0.29, 0.717) is 39.1 Å². The van der Waals surface area contributed by atoms with Gasteiger partial charge < -0.3 is 24.6 Å². The van der Waals surface area contributed by atoms with Gasteiger partial charge in [0.2, 0.25) is 5.91 Å². The summed E-state index contributed by atoms with van der Waals surface area (Å²) in [5, 5.41) is 21.0. The Bertz CT molecular complexity index is 819. The zero-order valence-corrected chi connectivity index (χ0v) is 19.8. The van der Waals surface area contributed by atoms with Crippen LogP contribution in [0.15, 0.2) is 30.4 Å². The van der Waals surface area contributed by atoms with Gasteiger partial charge in [-0.1, -0.05) is 56.5 Å². The number of hydrogen-bond acceptors (Lipinski definition) is 5. The molecule has 3 aliphatic rings. The van der Waals surface area contributed by atoms with E-state index in [9.17, 15) is 15.0 Å². The maximum Gasteiger partial charge on any atom is 0.222 e. The highest BCUT2D eigenvalue weighted by Crippen LogP contribution is 2.52. The van der Waals surface area contributed by atoms with Gasteiger partial charge in [-0.05, 0) is 24.8 Å². The maximum absolute atomic E-state index is 12.5. The van der Waals surface area contributed by atoms with E-state index < -0.39 is 12.2 Å². The number of rotatable bonds is 10. The van der Waals surface area contributed by atoms with E-state index in [1.807, 2.05) is 17.1 Å². The van der Waals surface area contributed by atoms with Gasteiger partial charge in [0.25, 0.3) is 0 Å². The van der Waals surface area contributed by atoms with E-state index >= 15 is 0 Å². The molecule has 1 aromatic carbocycles. The Morgan fingerprint density at radius 1 is 1.24 bits per heavy atom. The first-order valence-corrected chi connectivity index (χ1v) is 12.8. The van der Waals surface area contributed by atoms with E-state index in [-0.39, 0.29) is 23.8 Å². The van der Waals surface area contributed by atoms with Gasteiger partial charge in [0.1, 0.15) is 11.9 Å². The average Bonchev–Trinajstić information content (AvgIpc) is 3.33. The molecule has 6 nitrogen and oxygen atoms in total. The fourth-order valence-corrected chi connectivity index (χ4v) is 5.52. The molecule has 1 saturated carbocycles. The Hall–Kier alpha value is -1.89. The summed E-state index contributed by atoms with van der Waals surface area (Å²) in [5.41, 5.74) is 2.30. The molecule has 6 heteroatoms. The minimum Gasteiger partial charge on any atom is -0.489 e. The third-order valence-corrected chi connectivity index (χ3v) is 7.35. The summed E-state index contributed by atoms with van der Waals surface area (Å²) >= 11 is 0. The number of benzene rings is 1. The van der Waals surface area contributed by atoms with E-state index in [1.54, 1.807) is 0 Å². The molecule has 1 amide bonds. The molecule has 2 aliphatic heterocycles. The maximum atomic E-state index is 12.5. The van der Waals surface area contributed by atoms with Crippen molar-refractivity contribution in [2.24, 2.45) is 5.92 Å². The highest BCUT2D eigenvalue weighted by molar-refractivity contribution is 5.76. The summed E-state index contributed by atoms with van der Waals surface area (Å²) in [6.07, 6.45) is 9.73. The molecule has 2 heterocycles. The Labute approximate surface area is 197 Å². The lowest BCUT2D eigenvalue weighted by molar-refractivity contribution is -0.135. The van der Waals surface area contributed by atoms with Gasteiger partial charge in [0.05, 0.1) is 25.4 Å². The smallest absolute Gasteiger partial charge is 0.222 e. The molecular formula is C27H39NO5. The van der Waals surface area contributed by atoms with Crippen molar-refractivity contribution >= 4 is 5.91 Å². The van der Waals surface area contributed by atoms with Gasteiger partial charge in [-0.3, -0.25) is 4.79 Å². The fraction of sp³-hybridized carbons (Fsp3) is 0.667. The molecule has 1 aromatic rings. The van der Waals surface area contributed by atoms with Gasteiger partial charge in [-0.15, -0.1) is 0 Å². The molecule has 1 aliphatic carbocycles. The van der Waals surface area contributed by atoms with Crippen molar-refractivity contribution in [2.75, 3.05) is 26.3 Å². The van der Waals surface area contributed by atoms with Crippen LogP contribution in [0.5, 0.6) is 5.75 Å². The van der Waals surface area contributed by atoms with Gasteiger partial charge in [0, 0.05) is 43.3 Å². The summed E-state index contributed by atoms with van der Waals surface area (Å²) in [4.78, 5) is 14.4. The monoisotopic (exact) mass is 457 g/mol. The molecule has 33 heavy (non-hydrogen) atoms. The molecule has 0 unspecified atom stereocenters. The SMILES string of the molecule is CCCCC[C@H](O)/C=C/[C@@H]1[C@H]2c3cccc(CCCC(=O)N4CCOCC4)c3O[C@H]2C[C@H]1O. The van der Waals surface area contributed by atoms with Crippen LogP contribution in [0.3, 0.4) is 0 Å². The van der Waals surface area contributed by atoms with Crippen LogP contribution >= 0.6 is 0 Å². The summed E-state index contributed by atoms with van der Waals surface area (Å²) in [5.74, 6) is 1.22. The van der Waals surface area contributed by atoms with Crippen molar-refractivity contribution in [1.29, 1.82) is 0 Å². The van der Waals surface area contributed by atoms with Gasteiger partial charge >= 0.3 is 0 Å². The second kappa shape index (κ2) is 11.5. The molecule has 182 valence electrons. The second-order valence-corrected chi connectivity index (χ2v) is 9.69. The molecule has 0 bridgehead atoms. The topological polar surface area (TPSA) is 79.2 Å². The van der Waals surface area contributed by atoms with E-state index in [1.165, 1.54) is 0 Å².